The minimum Gasteiger partial charge on any atom is -0.336 e. The number of rotatable bonds is 9. The van der Waals surface area contributed by atoms with Crippen LogP contribution in [-0.2, 0) is 9.59 Å². The van der Waals surface area contributed by atoms with Gasteiger partial charge in [-0.25, -0.2) is 0 Å². The summed E-state index contributed by atoms with van der Waals surface area (Å²) in [5.74, 6) is -0.577. The highest BCUT2D eigenvalue weighted by Crippen LogP contribution is 2.24. The first-order valence-electron chi connectivity index (χ1n) is 8.78. The molecule has 28 heavy (non-hydrogen) atoms. The van der Waals surface area contributed by atoms with Gasteiger partial charge in [0.2, 0.25) is 11.8 Å². The third-order valence-corrected chi connectivity index (χ3v) is 5.70. The van der Waals surface area contributed by atoms with Crippen LogP contribution in [0.15, 0.2) is 58.3 Å². The third kappa shape index (κ3) is 6.42. The fourth-order valence-electron chi connectivity index (χ4n) is 2.57. The van der Waals surface area contributed by atoms with Gasteiger partial charge in [-0.3, -0.25) is 14.4 Å². The fraction of sp³-hybridized carbons (Fsp3) is 0.286. The molecule has 0 unspecified atom stereocenters. The van der Waals surface area contributed by atoms with E-state index >= 15 is 0 Å². The molecule has 2 aromatic carbocycles. The number of thioether (sulfide) groups is 2. The van der Waals surface area contributed by atoms with Gasteiger partial charge in [0.1, 0.15) is 0 Å². The van der Waals surface area contributed by atoms with Crippen molar-refractivity contribution in [2.75, 3.05) is 31.4 Å². The summed E-state index contributed by atoms with van der Waals surface area (Å²) >= 11 is 3.15. The van der Waals surface area contributed by atoms with E-state index in [0.29, 0.717) is 5.56 Å². The van der Waals surface area contributed by atoms with Crippen LogP contribution in [0.4, 0.5) is 5.69 Å². The van der Waals surface area contributed by atoms with Crippen molar-refractivity contribution in [3.8, 4) is 0 Å². The first kappa shape index (κ1) is 22.0. The van der Waals surface area contributed by atoms with Crippen molar-refractivity contribution in [2.24, 2.45) is 0 Å². The Hall–Kier alpha value is -2.25. The highest BCUT2D eigenvalue weighted by Gasteiger charge is 2.16. The molecule has 7 heteroatoms. The van der Waals surface area contributed by atoms with Gasteiger partial charge in [-0.05, 0) is 36.8 Å². The Morgan fingerprint density at radius 2 is 1.61 bits per heavy atom. The second-order valence-corrected chi connectivity index (χ2v) is 7.88. The average molecular weight is 417 g/mol. The molecular weight excluding hydrogens is 392 g/mol. The number of carbonyl (C=O) groups excluding carboxylic acids is 3. The van der Waals surface area contributed by atoms with E-state index in [2.05, 4.69) is 5.32 Å². The summed E-state index contributed by atoms with van der Waals surface area (Å²) in [6.45, 7) is -0.0574. The zero-order valence-corrected chi connectivity index (χ0v) is 17.9. The molecule has 2 rings (SSSR count). The molecule has 0 aliphatic heterocycles. The minimum absolute atomic E-state index is 0.0574. The molecule has 1 N–H and O–H groups in total. The molecule has 0 saturated heterocycles. The molecule has 0 aliphatic carbocycles. The summed E-state index contributed by atoms with van der Waals surface area (Å²) in [5, 5.41) is 2.83. The lowest BCUT2D eigenvalue weighted by molar-refractivity contribution is -0.133. The Labute approximate surface area is 174 Å². The number of carbonyl (C=O) groups is 3. The summed E-state index contributed by atoms with van der Waals surface area (Å²) in [7, 11) is 1.57. The van der Waals surface area contributed by atoms with Gasteiger partial charge in [-0.1, -0.05) is 24.3 Å². The van der Waals surface area contributed by atoms with Crippen LogP contribution in [0, 0.1) is 0 Å². The van der Waals surface area contributed by atoms with E-state index in [1.54, 1.807) is 30.9 Å². The number of hydrogen-bond donors (Lipinski definition) is 1. The Morgan fingerprint density at radius 1 is 0.929 bits per heavy atom. The maximum atomic E-state index is 12.3. The van der Waals surface area contributed by atoms with Crippen LogP contribution in [0.25, 0.3) is 0 Å². The van der Waals surface area contributed by atoms with E-state index in [0.717, 1.165) is 15.5 Å². The Bertz CT molecular complexity index is 838. The lowest BCUT2D eigenvalue weighted by Gasteiger charge is -2.17. The topological polar surface area (TPSA) is 66.5 Å². The van der Waals surface area contributed by atoms with Gasteiger partial charge in [0, 0.05) is 35.2 Å². The SMILES string of the molecule is CSc1ccc(C(=O)CCC(=O)N(C)CC(=O)Nc2ccccc2SC)cc1. The smallest absolute Gasteiger partial charge is 0.244 e. The van der Waals surface area contributed by atoms with E-state index in [4.69, 9.17) is 0 Å². The quantitative estimate of drug-likeness (QED) is 0.490. The van der Waals surface area contributed by atoms with Crippen molar-refractivity contribution in [1.82, 2.24) is 4.90 Å². The number of amides is 2. The molecule has 0 spiro atoms. The highest BCUT2D eigenvalue weighted by atomic mass is 32.2. The molecular formula is C21H24N2O3S2. The molecule has 0 aliphatic rings. The normalized spacial score (nSPS) is 10.4. The number of Topliss-reactive ketones (excluding diaryl/α,β-unsaturated/α-hetero) is 1. The number of nitrogens with zero attached hydrogens (tertiary/aromatic N) is 1. The van der Waals surface area contributed by atoms with Crippen LogP contribution in [0.3, 0.4) is 0 Å². The monoisotopic (exact) mass is 416 g/mol. The summed E-state index contributed by atoms with van der Waals surface area (Å²) < 4.78 is 0. The number of para-hydroxylation sites is 1. The molecule has 0 fully saturated rings. The lowest BCUT2D eigenvalue weighted by Crippen LogP contribution is -2.35. The average Bonchev–Trinajstić information content (AvgIpc) is 2.72. The predicted molar refractivity (Wildman–Crippen MR) is 116 cm³/mol. The van der Waals surface area contributed by atoms with Crippen molar-refractivity contribution < 1.29 is 14.4 Å². The number of hydrogen-bond acceptors (Lipinski definition) is 5. The summed E-state index contributed by atoms with van der Waals surface area (Å²) in [6, 6.07) is 14.8. The van der Waals surface area contributed by atoms with Crippen LogP contribution in [0.2, 0.25) is 0 Å². The van der Waals surface area contributed by atoms with Crippen molar-refractivity contribution in [3.63, 3.8) is 0 Å². The van der Waals surface area contributed by atoms with Crippen LogP contribution < -0.4 is 5.32 Å². The summed E-state index contributed by atoms with van der Waals surface area (Å²) in [4.78, 5) is 40.1. The number of anilines is 1. The Balaban J connectivity index is 1.83. The van der Waals surface area contributed by atoms with Crippen LogP contribution >= 0.6 is 23.5 Å². The number of benzene rings is 2. The second kappa shape index (κ2) is 10.9. The zero-order chi connectivity index (χ0) is 20.5. The van der Waals surface area contributed by atoms with Gasteiger partial charge in [-0.2, -0.15) is 0 Å². The maximum Gasteiger partial charge on any atom is 0.244 e. The first-order valence-corrected chi connectivity index (χ1v) is 11.2. The van der Waals surface area contributed by atoms with Crippen molar-refractivity contribution in [2.45, 2.75) is 22.6 Å². The maximum absolute atomic E-state index is 12.3. The standard InChI is InChI=1S/C21H24N2O3S2/c1-23(14-20(25)22-17-6-4-5-7-19(17)28-3)21(26)13-12-18(24)15-8-10-16(27-2)11-9-15/h4-11H,12-14H2,1-3H3,(H,22,25). The molecule has 2 aromatic rings. The molecule has 0 aromatic heterocycles. The van der Waals surface area contributed by atoms with Gasteiger partial charge in [0.05, 0.1) is 12.2 Å². The summed E-state index contributed by atoms with van der Waals surface area (Å²) in [6.07, 6.45) is 4.11. The minimum atomic E-state index is -0.267. The van der Waals surface area contributed by atoms with Crippen LogP contribution in [-0.4, -0.2) is 48.6 Å². The molecule has 0 heterocycles. The van der Waals surface area contributed by atoms with Crippen molar-refractivity contribution in [3.05, 3.63) is 54.1 Å². The van der Waals surface area contributed by atoms with Gasteiger partial charge in [0.25, 0.3) is 0 Å². The van der Waals surface area contributed by atoms with Crippen LogP contribution in [0.1, 0.15) is 23.2 Å². The number of ketones is 1. The Morgan fingerprint density at radius 3 is 2.25 bits per heavy atom. The van der Waals surface area contributed by atoms with E-state index in [1.807, 2.05) is 48.9 Å². The molecule has 5 nitrogen and oxygen atoms in total. The number of nitrogens with one attached hydrogen (secondary N) is 1. The van der Waals surface area contributed by atoms with E-state index in [-0.39, 0.29) is 37.0 Å². The molecule has 0 saturated carbocycles. The molecule has 0 bridgehead atoms. The molecule has 0 atom stereocenters. The van der Waals surface area contributed by atoms with E-state index < -0.39 is 0 Å². The van der Waals surface area contributed by atoms with Gasteiger partial charge in [-0.15, -0.1) is 23.5 Å². The van der Waals surface area contributed by atoms with Gasteiger partial charge >= 0.3 is 0 Å². The second-order valence-electron chi connectivity index (χ2n) is 6.15. The van der Waals surface area contributed by atoms with E-state index in [1.165, 1.54) is 16.7 Å². The van der Waals surface area contributed by atoms with Gasteiger partial charge in [0.15, 0.2) is 5.78 Å². The predicted octanol–water partition coefficient (Wildman–Crippen LogP) is 4.19. The highest BCUT2D eigenvalue weighted by molar-refractivity contribution is 7.99. The largest absolute Gasteiger partial charge is 0.336 e. The molecule has 2 amide bonds. The van der Waals surface area contributed by atoms with Crippen molar-refractivity contribution >= 4 is 46.8 Å². The first-order chi connectivity index (χ1) is 13.4. The van der Waals surface area contributed by atoms with Crippen LogP contribution in [0.5, 0.6) is 0 Å². The molecule has 148 valence electrons. The number of likely N-dealkylation sites (N-methyl/N-ethyl adjacent to an activating group) is 1. The molecule has 0 radical (unpaired) electrons. The fourth-order valence-corrected chi connectivity index (χ4v) is 3.54. The van der Waals surface area contributed by atoms with Gasteiger partial charge < -0.3 is 10.2 Å². The van der Waals surface area contributed by atoms with Crippen molar-refractivity contribution in [1.29, 1.82) is 0 Å². The third-order valence-electron chi connectivity index (χ3n) is 4.17. The lowest BCUT2D eigenvalue weighted by atomic mass is 10.1. The van der Waals surface area contributed by atoms with E-state index in [9.17, 15) is 14.4 Å². The Kier molecular flexibility index (Phi) is 8.60. The zero-order valence-electron chi connectivity index (χ0n) is 16.2. The summed E-state index contributed by atoms with van der Waals surface area (Å²) in [5.41, 5.74) is 1.32.